The molecule has 0 saturated heterocycles. The van der Waals surface area contributed by atoms with Gasteiger partial charge in [0.15, 0.2) is 5.84 Å². The SMILES string of the molecule is CCCC(NS(=O)(=O)c1c(Cl)cc(Br)cc1Cl)/C(N)=N/O. The van der Waals surface area contributed by atoms with E-state index in [0.29, 0.717) is 17.3 Å². The van der Waals surface area contributed by atoms with E-state index in [1.54, 1.807) is 0 Å². The van der Waals surface area contributed by atoms with Crippen molar-refractivity contribution >= 4 is 55.0 Å². The quantitative estimate of drug-likeness (QED) is 0.286. The van der Waals surface area contributed by atoms with Crippen LogP contribution in [0.25, 0.3) is 0 Å². The summed E-state index contributed by atoms with van der Waals surface area (Å²) in [5.41, 5.74) is 5.49. The molecule has 0 aromatic heterocycles. The number of rotatable bonds is 6. The first-order valence-corrected chi connectivity index (χ1v) is 8.90. The Morgan fingerprint density at radius 3 is 2.43 bits per heavy atom. The smallest absolute Gasteiger partial charge is 0.244 e. The molecule has 4 N–H and O–H groups in total. The standard InChI is InChI=1S/C11H14BrCl2N3O3S/c1-2-3-9(11(15)16-18)17-21(19,20)10-7(13)4-6(12)5-8(10)14/h4-5,9,17-18H,2-3H2,1H3,(H2,15,16). The lowest BCUT2D eigenvalue weighted by Gasteiger charge is -2.18. The monoisotopic (exact) mass is 417 g/mol. The van der Waals surface area contributed by atoms with E-state index in [-0.39, 0.29) is 20.8 Å². The van der Waals surface area contributed by atoms with Crippen LogP contribution in [-0.4, -0.2) is 25.5 Å². The van der Waals surface area contributed by atoms with Gasteiger partial charge in [0.1, 0.15) is 4.90 Å². The van der Waals surface area contributed by atoms with E-state index in [1.807, 2.05) is 6.92 Å². The number of oxime groups is 1. The molecule has 1 unspecified atom stereocenters. The third kappa shape index (κ3) is 4.72. The molecule has 10 heteroatoms. The predicted molar refractivity (Wildman–Crippen MR) is 86.6 cm³/mol. The Labute approximate surface area is 141 Å². The third-order valence-electron chi connectivity index (χ3n) is 2.58. The highest BCUT2D eigenvalue weighted by Crippen LogP contribution is 2.32. The molecule has 0 aliphatic heterocycles. The van der Waals surface area contributed by atoms with Gasteiger partial charge in [0, 0.05) is 4.47 Å². The number of nitrogens with zero attached hydrogens (tertiary/aromatic N) is 1. The van der Waals surface area contributed by atoms with Crippen LogP contribution in [0.1, 0.15) is 19.8 Å². The number of hydrogen-bond donors (Lipinski definition) is 3. The van der Waals surface area contributed by atoms with E-state index in [2.05, 4.69) is 25.8 Å². The lowest BCUT2D eigenvalue weighted by Crippen LogP contribution is -2.44. The number of sulfonamides is 1. The third-order valence-corrected chi connectivity index (χ3v) is 5.43. The van der Waals surface area contributed by atoms with Gasteiger partial charge in [0.25, 0.3) is 0 Å². The summed E-state index contributed by atoms with van der Waals surface area (Å²) in [4.78, 5) is -0.249. The maximum Gasteiger partial charge on any atom is 0.244 e. The van der Waals surface area contributed by atoms with Crippen molar-refractivity contribution in [3.05, 3.63) is 26.7 Å². The second kappa shape index (κ2) is 7.64. The van der Waals surface area contributed by atoms with Crippen molar-refractivity contribution in [2.75, 3.05) is 0 Å². The lowest BCUT2D eigenvalue weighted by atomic mass is 10.2. The molecule has 0 aliphatic rings. The van der Waals surface area contributed by atoms with Crippen LogP contribution in [-0.2, 0) is 10.0 Å². The second-order valence-corrected chi connectivity index (χ2v) is 7.57. The van der Waals surface area contributed by atoms with E-state index < -0.39 is 16.1 Å². The first-order chi connectivity index (χ1) is 9.72. The van der Waals surface area contributed by atoms with Gasteiger partial charge in [-0.1, -0.05) is 57.6 Å². The van der Waals surface area contributed by atoms with Crippen LogP contribution in [0.5, 0.6) is 0 Å². The highest BCUT2D eigenvalue weighted by molar-refractivity contribution is 9.10. The number of benzene rings is 1. The molecule has 0 radical (unpaired) electrons. The Morgan fingerprint density at radius 2 is 2.00 bits per heavy atom. The average molecular weight is 419 g/mol. The zero-order valence-electron chi connectivity index (χ0n) is 11.0. The Balaban J connectivity index is 3.23. The lowest BCUT2D eigenvalue weighted by molar-refractivity contribution is 0.315. The van der Waals surface area contributed by atoms with Gasteiger partial charge < -0.3 is 10.9 Å². The number of nitrogens with one attached hydrogen (secondary N) is 1. The Bertz CT molecular complexity index is 629. The minimum absolute atomic E-state index is 0.0309. The van der Waals surface area contributed by atoms with Crippen LogP contribution in [0, 0.1) is 0 Å². The van der Waals surface area contributed by atoms with Gasteiger partial charge in [-0.05, 0) is 18.6 Å². The highest BCUT2D eigenvalue weighted by Gasteiger charge is 2.27. The molecule has 6 nitrogen and oxygen atoms in total. The van der Waals surface area contributed by atoms with E-state index in [0.717, 1.165) is 0 Å². The molecule has 21 heavy (non-hydrogen) atoms. The van der Waals surface area contributed by atoms with E-state index in [1.165, 1.54) is 12.1 Å². The van der Waals surface area contributed by atoms with Crippen molar-refractivity contribution in [1.29, 1.82) is 0 Å². The van der Waals surface area contributed by atoms with Crippen LogP contribution in [0.15, 0.2) is 26.7 Å². The van der Waals surface area contributed by atoms with Crippen molar-refractivity contribution in [1.82, 2.24) is 4.72 Å². The van der Waals surface area contributed by atoms with Gasteiger partial charge in [-0.3, -0.25) is 0 Å². The molecule has 0 aliphatic carbocycles. The molecule has 0 saturated carbocycles. The van der Waals surface area contributed by atoms with Crippen LogP contribution in [0.4, 0.5) is 0 Å². The van der Waals surface area contributed by atoms with Crippen molar-refractivity contribution in [3.63, 3.8) is 0 Å². The fourth-order valence-corrected chi connectivity index (χ4v) is 4.84. The van der Waals surface area contributed by atoms with Gasteiger partial charge >= 0.3 is 0 Å². The summed E-state index contributed by atoms with van der Waals surface area (Å²) in [6, 6.07) is 1.99. The summed E-state index contributed by atoms with van der Waals surface area (Å²) in [5, 5.41) is 11.5. The summed E-state index contributed by atoms with van der Waals surface area (Å²) in [6.07, 6.45) is 0.992. The second-order valence-electron chi connectivity index (χ2n) is 4.19. The highest BCUT2D eigenvalue weighted by atomic mass is 79.9. The zero-order chi connectivity index (χ0) is 16.2. The maximum absolute atomic E-state index is 12.4. The summed E-state index contributed by atoms with van der Waals surface area (Å²) in [6.45, 7) is 1.84. The minimum atomic E-state index is -4.02. The van der Waals surface area contributed by atoms with Crippen LogP contribution >= 0.6 is 39.1 Å². The normalized spacial score (nSPS) is 14.2. The first kappa shape index (κ1) is 18.5. The summed E-state index contributed by atoms with van der Waals surface area (Å²) >= 11 is 15.1. The summed E-state index contributed by atoms with van der Waals surface area (Å²) < 4.78 is 27.7. The van der Waals surface area contributed by atoms with Gasteiger partial charge in [-0.25, -0.2) is 13.1 Å². The summed E-state index contributed by atoms with van der Waals surface area (Å²) in [5.74, 6) is -0.232. The van der Waals surface area contributed by atoms with Crippen molar-refractivity contribution in [2.45, 2.75) is 30.7 Å². The van der Waals surface area contributed by atoms with E-state index >= 15 is 0 Å². The van der Waals surface area contributed by atoms with Gasteiger partial charge in [-0.2, -0.15) is 0 Å². The molecule has 1 rings (SSSR count). The molecule has 1 atom stereocenters. The fraction of sp³-hybridized carbons (Fsp3) is 0.364. The molecule has 0 spiro atoms. The number of hydrogen-bond acceptors (Lipinski definition) is 4. The Hall–Kier alpha value is -0.540. The largest absolute Gasteiger partial charge is 0.409 e. The molecule has 0 fully saturated rings. The van der Waals surface area contributed by atoms with E-state index in [4.69, 9.17) is 34.1 Å². The number of nitrogens with two attached hydrogens (primary N) is 1. The molecule has 118 valence electrons. The maximum atomic E-state index is 12.4. The molecule has 1 aromatic carbocycles. The van der Waals surface area contributed by atoms with Crippen molar-refractivity contribution in [3.8, 4) is 0 Å². The fourth-order valence-electron chi connectivity index (χ4n) is 1.66. The van der Waals surface area contributed by atoms with Gasteiger partial charge in [0.05, 0.1) is 16.1 Å². The van der Waals surface area contributed by atoms with Crippen molar-refractivity contribution in [2.24, 2.45) is 10.9 Å². The predicted octanol–water partition coefficient (Wildman–Crippen LogP) is 2.95. The van der Waals surface area contributed by atoms with Crippen molar-refractivity contribution < 1.29 is 13.6 Å². The molecule has 0 bridgehead atoms. The van der Waals surface area contributed by atoms with Crippen LogP contribution < -0.4 is 10.5 Å². The molecule has 0 amide bonds. The topological polar surface area (TPSA) is 105 Å². The van der Waals surface area contributed by atoms with Gasteiger partial charge in [0.2, 0.25) is 10.0 Å². The number of amidine groups is 1. The van der Waals surface area contributed by atoms with Gasteiger partial charge in [-0.15, -0.1) is 0 Å². The first-order valence-electron chi connectivity index (χ1n) is 5.87. The average Bonchev–Trinajstić information content (AvgIpc) is 2.35. The Morgan fingerprint density at radius 1 is 1.48 bits per heavy atom. The Kier molecular flexibility index (Phi) is 6.73. The van der Waals surface area contributed by atoms with Crippen LogP contribution in [0.2, 0.25) is 10.0 Å². The zero-order valence-corrected chi connectivity index (χ0v) is 14.9. The van der Waals surface area contributed by atoms with Crippen LogP contribution in [0.3, 0.4) is 0 Å². The molecular weight excluding hydrogens is 405 g/mol. The molecule has 0 heterocycles. The molecule has 1 aromatic rings. The number of halogens is 3. The molecular formula is C11H14BrCl2N3O3S. The van der Waals surface area contributed by atoms with E-state index in [9.17, 15) is 8.42 Å². The minimum Gasteiger partial charge on any atom is -0.409 e. The summed E-state index contributed by atoms with van der Waals surface area (Å²) in [7, 11) is -4.02.